The standard InChI is InChI=1S/C18H27N5O/c1-2-6-16(5-1)23-17(7-8-22-23)13-19-10-14-4-3-9-24-18(14)15-11-20-21-12-15/h7-8,11-12,14,16,18-19H,1-6,9-10,13H2,(H,20,21)/t14-,18+/m0/s1. The summed E-state index contributed by atoms with van der Waals surface area (Å²) in [7, 11) is 0. The van der Waals surface area contributed by atoms with E-state index in [4.69, 9.17) is 4.74 Å². The Morgan fingerprint density at radius 3 is 3.00 bits per heavy atom. The number of hydrogen-bond acceptors (Lipinski definition) is 4. The highest BCUT2D eigenvalue weighted by molar-refractivity contribution is 5.10. The van der Waals surface area contributed by atoms with Gasteiger partial charge in [-0.05, 0) is 31.7 Å². The molecule has 4 rings (SSSR count). The van der Waals surface area contributed by atoms with Crippen LogP contribution in [0, 0.1) is 5.92 Å². The van der Waals surface area contributed by atoms with Crippen molar-refractivity contribution in [2.45, 2.75) is 57.2 Å². The smallest absolute Gasteiger partial charge is 0.0895 e. The van der Waals surface area contributed by atoms with E-state index in [1.807, 2.05) is 18.6 Å². The maximum Gasteiger partial charge on any atom is 0.0895 e. The molecule has 1 aliphatic carbocycles. The first-order valence-electron chi connectivity index (χ1n) is 9.25. The topological polar surface area (TPSA) is 67.8 Å². The van der Waals surface area contributed by atoms with Gasteiger partial charge in [-0.25, -0.2) is 0 Å². The number of H-pyrrole nitrogens is 1. The highest BCUT2D eigenvalue weighted by Crippen LogP contribution is 2.33. The summed E-state index contributed by atoms with van der Waals surface area (Å²) in [5.41, 5.74) is 2.47. The van der Waals surface area contributed by atoms with Gasteiger partial charge in [0.2, 0.25) is 0 Å². The molecule has 0 radical (unpaired) electrons. The summed E-state index contributed by atoms with van der Waals surface area (Å²) in [5, 5.41) is 15.2. The molecule has 2 aliphatic rings. The molecule has 0 spiro atoms. The number of aromatic amines is 1. The van der Waals surface area contributed by atoms with Gasteiger partial charge in [-0.1, -0.05) is 12.8 Å². The second-order valence-corrected chi connectivity index (χ2v) is 7.06. The van der Waals surface area contributed by atoms with Crippen molar-refractivity contribution in [3.8, 4) is 0 Å². The third-order valence-corrected chi connectivity index (χ3v) is 5.43. The first-order chi connectivity index (χ1) is 11.9. The fourth-order valence-corrected chi connectivity index (χ4v) is 4.18. The molecule has 6 heteroatoms. The van der Waals surface area contributed by atoms with Gasteiger partial charge in [-0.2, -0.15) is 10.2 Å². The second kappa shape index (κ2) is 7.49. The Labute approximate surface area is 143 Å². The molecular weight excluding hydrogens is 302 g/mol. The summed E-state index contributed by atoms with van der Waals surface area (Å²) in [6, 6.07) is 2.75. The van der Waals surface area contributed by atoms with Crippen LogP contribution in [0.5, 0.6) is 0 Å². The van der Waals surface area contributed by atoms with E-state index in [-0.39, 0.29) is 6.10 Å². The van der Waals surface area contributed by atoms with Crippen LogP contribution in [0.3, 0.4) is 0 Å². The van der Waals surface area contributed by atoms with Crippen LogP contribution < -0.4 is 5.32 Å². The van der Waals surface area contributed by atoms with Crippen molar-refractivity contribution < 1.29 is 4.74 Å². The van der Waals surface area contributed by atoms with Crippen LogP contribution in [0.1, 0.15) is 61.9 Å². The van der Waals surface area contributed by atoms with E-state index in [0.717, 1.165) is 31.7 Å². The SMILES string of the molecule is c1cc(CNC[C@@H]2CCCO[C@H]2c2cn[nH]c2)n(C2CCCC2)n1. The summed E-state index contributed by atoms with van der Waals surface area (Å²) < 4.78 is 8.25. The molecule has 1 saturated heterocycles. The van der Waals surface area contributed by atoms with Crippen LogP contribution in [0.25, 0.3) is 0 Å². The fourth-order valence-electron chi connectivity index (χ4n) is 4.18. The van der Waals surface area contributed by atoms with Crippen LogP contribution in [0.15, 0.2) is 24.7 Å². The number of hydrogen-bond donors (Lipinski definition) is 2. The average molecular weight is 329 g/mol. The zero-order valence-corrected chi connectivity index (χ0v) is 14.2. The Balaban J connectivity index is 1.34. The molecule has 2 fully saturated rings. The third kappa shape index (κ3) is 3.39. The maximum atomic E-state index is 6.01. The van der Waals surface area contributed by atoms with Gasteiger partial charge in [0.15, 0.2) is 0 Å². The Morgan fingerprint density at radius 2 is 2.17 bits per heavy atom. The zero-order chi connectivity index (χ0) is 16.2. The molecule has 0 unspecified atom stereocenters. The lowest BCUT2D eigenvalue weighted by atomic mass is 9.91. The van der Waals surface area contributed by atoms with E-state index in [1.165, 1.54) is 37.8 Å². The van der Waals surface area contributed by atoms with Crippen molar-refractivity contribution in [2.75, 3.05) is 13.2 Å². The monoisotopic (exact) mass is 329 g/mol. The van der Waals surface area contributed by atoms with E-state index >= 15 is 0 Å². The van der Waals surface area contributed by atoms with E-state index < -0.39 is 0 Å². The van der Waals surface area contributed by atoms with Crippen LogP contribution in [0.2, 0.25) is 0 Å². The van der Waals surface area contributed by atoms with Crippen LogP contribution in [-0.4, -0.2) is 33.1 Å². The van der Waals surface area contributed by atoms with Crippen molar-refractivity contribution in [2.24, 2.45) is 5.92 Å². The van der Waals surface area contributed by atoms with Gasteiger partial charge in [0, 0.05) is 43.6 Å². The summed E-state index contributed by atoms with van der Waals surface area (Å²) in [4.78, 5) is 0. The van der Waals surface area contributed by atoms with Crippen molar-refractivity contribution in [3.05, 3.63) is 35.9 Å². The third-order valence-electron chi connectivity index (χ3n) is 5.43. The number of nitrogens with zero attached hydrogens (tertiary/aromatic N) is 3. The maximum absolute atomic E-state index is 6.01. The summed E-state index contributed by atoms with van der Waals surface area (Å²) in [6.07, 6.45) is 13.5. The summed E-state index contributed by atoms with van der Waals surface area (Å²) in [5.74, 6) is 0.499. The second-order valence-electron chi connectivity index (χ2n) is 7.06. The molecule has 1 aliphatic heterocycles. The van der Waals surface area contributed by atoms with Crippen molar-refractivity contribution >= 4 is 0 Å². The molecule has 2 atom stereocenters. The van der Waals surface area contributed by atoms with Gasteiger partial charge in [-0.15, -0.1) is 0 Å². The van der Waals surface area contributed by atoms with Crippen molar-refractivity contribution in [1.29, 1.82) is 0 Å². The van der Waals surface area contributed by atoms with Gasteiger partial charge in [0.25, 0.3) is 0 Å². The minimum absolute atomic E-state index is 0.157. The molecule has 1 saturated carbocycles. The molecule has 3 heterocycles. The minimum Gasteiger partial charge on any atom is -0.373 e. The van der Waals surface area contributed by atoms with E-state index in [0.29, 0.717) is 12.0 Å². The molecule has 130 valence electrons. The molecule has 2 aromatic heterocycles. The molecule has 2 aromatic rings. The molecule has 0 bridgehead atoms. The number of ether oxygens (including phenoxy) is 1. The highest BCUT2D eigenvalue weighted by atomic mass is 16.5. The van der Waals surface area contributed by atoms with Gasteiger partial charge in [-0.3, -0.25) is 9.78 Å². The molecule has 0 aromatic carbocycles. The molecule has 0 amide bonds. The largest absolute Gasteiger partial charge is 0.373 e. The minimum atomic E-state index is 0.157. The predicted octanol–water partition coefficient (Wildman–Crippen LogP) is 2.98. The predicted molar refractivity (Wildman–Crippen MR) is 91.4 cm³/mol. The number of rotatable bonds is 6. The number of nitrogens with one attached hydrogen (secondary N) is 2. The van der Waals surface area contributed by atoms with Gasteiger partial charge >= 0.3 is 0 Å². The highest BCUT2D eigenvalue weighted by Gasteiger charge is 2.28. The zero-order valence-electron chi connectivity index (χ0n) is 14.2. The molecule has 6 nitrogen and oxygen atoms in total. The fraction of sp³-hybridized carbons (Fsp3) is 0.667. The lowest BCUT2D eigenvalue weighted by Gasteiger charge is -2.31. The van der Waals surface area contributed by atoms with E-state index in [2.05, 4.69) is 31.4 Å². The quantitative estimate of drug-likeness (QED) is 0.855. The Kier molecular flexibility index (Phi) is 4.94. The summed E-state index contributed by atoms with van der Waals surface area (Å²) >= 11 is 0. The molecule has 2 N–H and O–H groups in total. The summed E-state index contributed by atoms with van der Waals surface area (Å²) in [6.45, 7) is 2.69. The van der Waals surface area contributed by atoms with E-state index in [9.17, 15) is 0 Å². The van der Waals surface area contributed by atoms with Gasteiger partial charge in [0.05, 0.1) is 24.0 Å². The first kappa shape index (κ1) is 15.8. The Bertz CT molecular complexity index is 617. The lowest BCUT2D eigenvalue weighted by Crippen LogP contribution is -2.32. The lowest BCUT2D eigenvalue weighted by molar-refractivity contribution is -0.0278. The molecular formula is C18H27N5O. The van der Waals surface area contributed by atoms with Crippen molar-refractivity contribution in [1.82, 2.24) is 25.3 Å². The normalized spacial score (nSPS) is 25.3. The van der Waals surface area contributed by atoms with Crippen LogP contribution in [0.4, 0.5) is 0 Å². The first-order valence-corrected chi connectivity index (χ1v) is 9.25. The van der Waals surface area contributed by atoms with Gasteiger partial charge < -0.3 is 10.1 Å². The van der Waals surface area contributed by atoms with Crippen LogP contribution >= 0.6 is 0 Å². The van der Waals surface area contributed by atoms with Gasteiger partial charge in [0.1, 0.15) is 0 Å². The van der Waals surface area contributed by atoms with E-state index in [1.54, 1.807) is 0 Å². The van der Waals surface area contributed by atoms with Crippen LogP contribution in [-0.2, 0) is 11.3 Å². The van der Waals surface area contributed by atoms with Crippen molar-refractivity contribution in [3.63, 3.8) is 0 Å². The molecule has 24 heavy (non-hydrogen) atoms. The number of aromatic nitrogens is 4. The Hall–Kier alpha value is -1.66. The average Bonchev–Trinajstić information content (AvgIpc) is 3.37. The Morgan fingerprint density at radius 1 is 1.25 bits per heavy atom.